The van der Waals surface area contributed by atoms with Gasteiger partial charge in [0.15, 0.2) is 0 Å². The molecule has 2 rings (SSSR count). The highest BCUT2D eigenvalue weighted by Crippen LogP contribution is 2.28. The highest BCUT2D eigenvalue weighted by Gasteiger charge is 2.10. The van der Waals surface area contributed by atoms with Crippen LogP contribution in [0.25, 0.3) is 6.08 Å². The van der Waals surface area contributed by atoms with E-state index in [2.05, 4.69) is 11.1 Å². The zero-order valence-corrected chi connectivity index (χ0v) is 13.3. The van der Waals surface area contributed by atoms with Gasteiger partial charge in [-0.2, -0.15) is 0 Å². The number of pyridine rings is 1. The topological polar surface area (TPSA) is 42.4 Å². The maximum Gasteiger partial charge on any atom is 0.0850 e. The monoisotopic (exact) mass is 317 g/mol. The molecule has 0 saturated carbocycles. The zero-order chi connectivity index (χ0) is 15.8. The van der Waals surface area contributed by atoms with Gasteiger partial charge in [0.05, 0.1) is 25.2 Å². The second-order valence-electron chi connectivity index (χ2n) is 5.08. The highest BCUT2D eigenvalue weighted by atomic mass is 35.5. The van der Waals surface area contributed by atoms with E-state index >= 15 is 0 Å². The van der Waals surface area contributed by atoms with Crippen LogP contribution in [0.5, 0.6) is 0 Å². The molecule has 0 saturated heterocycles. The summed E-state index contributed by atoms with van der Waals surface area (Å²) >= 11 is 6.48. The largest absolute Gasteiger partial charge is 0.394 e. The molecule has 1 aromatic heterocycles. The molecule has 4 heteroatoms. The van der Waals surface area contributed by atoms with Crippen molar-refractivity contribution in [3.8, 4) is 0 Å². The van der Waals surface area contributed by atoms with Gasteiger partial charge >= 0.3 is 0 Å². The Labute approximate surface area is 136 Å². The molecule has 0 spiro atoms. The van der Waals surface area contributed by atoms with Crippen LogP contribution in [0.15, 0.2) is 54.4 Å². The average Bonchev–Trinajstić information content (AvgIpc) is 2.56. The van der Waals surface area contributed by atoms with E-state index in [1.807, 2.05) is 43.3 Å². The minimum Gasteiger partial charge on any atom is -0.394 e. The number of halogens is 1. The molecule has 116 valence electrons. The summed E-state index contributed by atoms with van der Waals surface area (Å²) in [7, 11) is 0. The Morgan fingerprint density at radius 2 is 2.05 bits per heavy atom. The number of hydrogen-bond acceptors (Lipinski definition) is 3. The van der Waals surface area contributed by atoms with Gasteiger partial charge in [0, 0.05) is 12.4 Å². The van der Waals surface area contributed by atoms with Crippen LogP contribution in [0.2, 0.25) is 0 Å². The maximum absolute atomic E-state index is 8.68. The van der Waals surface area contributed by atoms with Crippen molar-refractivity contribution >= 4 is 17.7 Å². The van der Waals surface area contributed by atoms with Crippen LogP contribution in [-0.2, 0) is 4.74 Å². The van der Waals surface area contributed by atoms with Gasteiger partial charge in [0.2, 0.25) is 0 Å². The first kappa shape index (κ1) is 16.7. The third-order valence-corrected chi connectivity index (χ3v) is 3.69. The van der Waals surface area contributed by atoms with Crippen molar-refractivity contribution in [1.82, 2.24) is 4.98 Å². The van der Waals surface area contributed by atoms with E-state index in [9.17, 15) is 0 Å². The summed E-state index contributed by atoms with van der Waals surface area (Å²) in [4.78, 5) is 4.10. The van der Waals surface area contributed by atoms with Crippen LogP contribution in [0.4, 0.5) is 0 Å². The molecule has 0 amide bonds. The predicted molar refractivity (Wildman–Crippen MR) is 89.9 cm³/mol. The van der Waals surface area contributed by atoms with E-state index in [4.69, 9.17) is 21.4 Å². The first-order valence-corrected chi connectivity index (χ1v) is 7.64. The molecule has 0 aliphatic carbocycles. The van der Waals surface area contributed by atoms with E-state index < -0.39 is 0 Å². The van der Waals surface area contributed by atoms with E-state index in [1.54, 1.807) is 12.4 Å². The molecule has 22 heavy (non-hydrogen) atoms. The fraction of sp³-hybridized carbons (Fsp3) is 0.278. The molecular weight excluding hydrogens is 298 g/mol. The lowest BCUT2D eigenvalue weighted by Crippen LogP contribution is -2.01. The van der Waals surface area contributed by atoms with E-state index in [0.29, 0.717) is 13.2 Å². The molecule has 2 aromatic rings. The Hall–Kier alpha value is -1.68. The summed E-state index contributed by atoms with van der Waals surface area (Å²) < 4.78 is 5.29. The quantitative estimate of drug-likeness (QED) is 0.623. The van der Waals surface area contributed by atoms with Gasteiger partial charge in [-0.25, -0.2) is 0 Å². The molecule has 0 aliphatic heterocycles. The molecule has 0 radical (unpaired) electrons. The lowest BCUT2D eigenvalue weighted by atomic mass is 10.0. The van der Waals surface area contributed by atoms with Crippen LogP contribution >= 0.6 is 11.6 Å². The number of rotatable bonds is 7. The molecule has 1 N–H and O–H groups in total. The molecule has 0 aliphatic rings. The summed E-state index contributed by atoms with van der Waals surface area (Å²) in [6.07, 6.45) is 5.59. The van der Waals surface area contributed by atoms with Crippen LogP contribution in [0, 0.1) is 0 Å². The minimum absolute atomic E-state index is 0.0490. The number of aromatic nitrogens is 1. The second kappa shape index (κ2) is 8.69. The number of aliphatic hydroxyl groups is 1. The highest BCUT2D eigenvalue weighted by molar-refractivity contribution is 6.22. The van der Waals surface area contributed by atoms with Gasteiger partial charge in [-0.1, -0.05) is 36.4 Å². The molecule has 3 nitrogen and oxygen atoms in total. The summed E-state index contributed by atoms with van der Waals surface area (Å²) in [5.74, 6) is 0. The summed E-state index contributed by atoms with van der Waals surface area (Å²) in [5, 5.41) is 8.49. The number of hydrogen-bond donors (Lipinski definition) is 1. The van der Waals surface area contributed by atoms with Crippen LogP contribution in [0.1, 0.15) is 29.0 Å². The van der Waals surface area contributed by atoms with Crippen molar-refractivity contribution in [1.29, 1.82) is 0 Å². The number of aliphatic hydroxyl groups excluding tert-OH is 1. The van der Waals surface area contributed by atoms with Crippen LogP contribution in [-0.4, -0.2) is 29.9 Å². The molecule has 0 fully saturated rings. The first-order valence-electron chi connectivity index (χ1n) is 7.20. The standard InChI is InChI=1S/C18H20ClNO2/c1-14(13-22-10-9-21)11-15-4-6-16(7-5-15)18(19)17-3-2-8-20-12-17/h2-8,11-12,18,21H,9-10,13H2,1H3. The van der Waals surface area contributed by atoms with Gasteiger partial charge < -0.3 is 9.84 Å². The lowest BCUT2D eigenvalue weighted by molar-refractivity contribution is 0.108. The Morgan fingerprint density at radius 3 is 2.68 bits per heavy atom. The van der Waals surface area contributed by atoms with Gasteiger partial charge in [-0.15, -0.1) is 11.6 Å². The summed E-state index contributed by atoms with van der Waals surface area (Å²) in [6, 6.07) is 12.0. The number of ether oxygens (including phenoxy) is 1. The fourth-order valence-electron chi connectivity index (χ4n) is 2.10. The second-order valence-corrected chi connectivity index (χ2v) is 5.52. The Bertz CT molecular complexity index is 596. The lowest BCUT2D eigenvalue weighted by Gasteiger charge is -2.10. The Morgan fingerprint density at radius 1 is 1.27 bits per heavy atom. The third kappa shape index (κ3) is 4.95. The van der Waals surface area contributed by atoms with E-state index in [1.165, 1.54) is 0 Å². The minimum atomic E-state index is -0.194. The predicted octanol–water partition coefficient (Wildman–Crippen LogP) is 3.82. The van der Waals surface area contributed by atoms with Crippen molar-refractivity contribution in [2.24, 2.45) is 0 Å². The van der Waals surface area contributed by atoms with Crippen LogP contribution in [0.3, 0.4) is 0 Å². The third-order valence-electron chi connectivity index (χ3n) is 3.18. The SMILES string of the molecule is CC(=Cc1ccc(C(Cl)c2cccnc2)cc1)COCCO. The fourth-order valence-corrected chi connectivity index (χ4v) is 2.38. The number of benzene rings is 1. The molecule has 0 bridgehead atoms. The van der Waals surface area contributed by atoms with Gasteiger partial charge in [0.25, 0.3) is 0 Å². The van der Waals surface area contributed by atoms with Gasteiger partial charge in [-0.3, -0.25) is 4.98 Å². The van der Waals surface area contributed by atoms with Crippen LogP contribution < -0.4 is 0 Å². The summed E-state index contributed by atoms with van der Waals surface area (Å²) in [6.45, 7) is 2.94. The van der Waals surface area contributed by atoms with Crippen molar-refractivity contribution in [2.45, 2.75) is 12.3 Å². The molecule has 1 unspecified atom stereocenters. The van der Waals surface area contributed by atoms with E-state index in [-0.39, 0.29) is 12.0 Å². The Balaban J connectivity index is 2.02. The Kier molecular flexibility index (Phi) is 6.59. The average molecular weight is 318 g/mol. The normalized spacial score (nSPS) is 13.1. The number of nitrogens with zero attached hydrogens (tertiary/aromatic N) is 1. The molecule has 1 heterocycles. The maximum atomic E-state index is 8.68. The molecule has 1 aromatic carbocycles. The van der Waals surface area contributed by atoms with Crippen molar-refractivity contribution in [3.63, 3.8) is 0 Å². The van der Waals surface area contributed by atoms with Crippen molar-refractivity contribution < 1.29 is 9.84 Å². The summed E-state index contributed by atoms with van der Waals surface area (Å²) in [5.41, 5.74) is 4.24. The molecule has 1 atom stereocenters. The zero-order valence-electron chi connectivity index (χ0n) is 12.6. The van der Waals surface area contributed by atoms with Gasteiger partial charge in [0.1, 0.15) is 0 Å². The number of alkyl halides is 1. The van der Waals surface area contributed by atoms with Crippen molar-refractivity contribution in [3.05, 3.63) is 71.1 Å². The first-order chi connectivity index (χ1) is 10.7. The van der Waals surface area contributed by atoms with Crippen molar-refractivity contribution in [2.75, 3.05) is 19.8 Å². The van der Waals surface area contributed by atoms with Gasteiger partial charge in [-0.05, 0) is 35.3 Å². The molecular formula is C18H20ClNO2. The smallest absolute Gasteiger partial charge is 0.0850 e. The van der Waals surface area contributed by atoms with E-state index in [0.717, 1.165) is 22.3 Å².